The lowest BCUT2D eigenvalue weighted by Gasteiger charge is -2.21. The van der Waals surface area contributed by atoms with Crippen molar-refractivity contribution in [3.05, 3.63) is 46.8 Å². The molecule has 4 nitrogen and oxygen atoms in total. The van der Waals surface area contributed by atoms with Crippen LogP contribution in [-0.4, -0.2) is 22.0 Å². The first-order valence-electron chi connectivity index (χ1n) is 6.82. The molecule has 1 aromatic heterocycles. The minimum absolute atomic E-state index is 0.399. The van der Waals surface area contributed by atoms with Crippen LogP contribution in [-0.2, 0) is 16.6 Å². The van der Waals surface area contributed by atoms with Crippen molar-refractivity contribution in [3.63, 3.8) is 0 Å². The Hall–Kier alpha value is -1.37. The summed E-state index contributed by atoms with van der Waals surface area (Å²) < 4.78 is 27.5. The van der Waals surface area contributed by atoms with E-state index in [9.17, 15) is 8.42 Å². The number of sulfonamides is 1. The van der Waals surface area contributed by atoms with Crippen LogP contribution in [0.1, 0.15) is 17.4 Å². The third-order valence-electron chi connectivity index (χ3n) is 3.21. The molecule has 0 fully saturated rings. The molecule has 0 spiro atoms. The van der Waals surface area contributed by atoms with Crippen molar-refractivity contribution in [1.82, 2.24) is 5.32 Å². The molecule has 0 aliphatic heterocycles. The Morgan fingerprint density at radius 2 is 1.90 bits per heavy atom. The second-order valence-electron chi connectivity index (χ2n) is 4.71. The van der Waals surface area contributed by atoms with E-state index in [1.165, 1.54) is 15.6 Å². The Kier molecular flexibility index (Phi) is 5.03. The molecule has 1 N–H and O–H groups in total. The number of benzene rings is 1. The van der Waals surface area contributed by atoms with Gasteiger partial charge in [-0.25, -0.2) is 8.42 Å². The van der Waals surface area contributed by atoms with Gasteiger partial charge in [0.05, 0.1) is 5.69 Å². The maximum Gasteiger partial charge on any atom is 0.273 e. The molecule has 2 aromatic rings. The number of para-hydroxylation sites is 1. The van der Waals surface area contributed by atoms with E-state index in [0.717, 1.165) is 10.4 Å². The van der Waals surface area contributed by atoms with Gasteiger partial charge < -0.3 is 5.32 Å². The third kappa shape index (κ3) is 3.28. The lowest BCUT2D eigenvalue weighted by atomic mass is 10.3. The highest BCUT2D eigenvalue weighted by molar-refractivity contribution is 7.94. The number of aryl methyl sites for hydroxylation is 1. The van der Waals surface area contributed by atoms with Crippen LogP contribution in [0.3, 0.4) is 0 Å². The minimum Gasteiger partial charge on any atom is -0.315 e. The van der Waals surface area contributed by atoms with E-state index in [0.29, 0.717) is 23.0 Å². The van der Waals surface area contributed by atoms with Crippen molar-refractivity contribution in [2.75, 3.05) is 17.9 Å². The molecule has 0 aliphatic rings. The molecule has 0 radical (unpaired) electrons. The van der Waals surface area contributed by atoms with E-state index in [2.05, 4.69) is 5.32 Å². The van der Waals surface area contributed by atoms with E-state index in [4.69, 9.17) is 0 Å². The molecular weight excluding hydrogens is 304 g/mol. The fourth-order valence-electron chi connectivity index (χ4n) is 2.15. The van der Waals surface area contributed by atoms with E-state index < -0.39 is 10.0 Å². The lowest BCUT2D eigenvalue weighted by Crippen LogP contribution is -2.30. The van der Waals surface area contributed by atoms with E-state index in [-0.39, 0.29) is 0 Å². The normalized spacial score (nSPS) is 11.6. The summed E-state index contributed by atoms with van der Waals surface area (Å²) in [5.74, 6) is 0. The van der Waals surface area contributed by atoms with Crippen LogP contribution >= 0.6 is 11.3 Å². The summed E-state index contributed by atoms with van der Waals surface area (Å²) >= 11 is 1.34. The van der Waals surface area contributed by atoms with Gasteiger partial charge in [-0.1, -0.05) is 18.2 Å². The van der Waals surface area contributed by atoms with Crippen molar-refractivity contribution >= 4 is 27.0 Å². The highest BCUT2D eigenvalue weighted by Gasteiger charge is 2.26. The van der Waals surface area contributed by atoms with Crippen LogP contribution in [0.15, 0.2) is 40.6 Å². The molecule has 1 heterocycles. The first-order valence-corrected chi connectivity index (χ1v) is 9.08. The van der Waals surface area contributed by atoms with Crippen LogP contribution in [0.2, 0.25) is 0 Å². The first kappa shape index (κ1) is 16.0. The highest BCUT2D eigenvalue weighted by Crippen LogP contribution is 2.30. The fourth-order valence-corrected chi connectivity index (χ4v) is 5.34. The van der Waals surface area contributed by atoms with Gasteiger partial charge in [0.1, 0.15) is 4.21 Å². The molecule has 21 heavy (non-hydrogen) atoms. The number of anilines is 1. The van der Waals surface area contributed by atoms with Gasteiger partial charge in [0.25, 0.3) is 10.0 Å². The average molecular weight is 324 g/mol. The molecule has 0 saturated heterocycles. The lowest BCUT2D eigenvalue weighted by molar-refractivity contribution is 0.594. The zero-order valence-electron chi connectivity index (χ0n) is 12.5. The van der Waals surface area contributed by atoms with Gasteiger partial charge in [-0.2, -0.15) is 0 Å². The molecule has 2 rings (SSSR count). The van der Waals surface area contributed by atoms with Crippen LogP contribution in [0.4, 0.5) is 5.69 Å². The Morgan fingerprint density at radius 3 is 2.48 bits per heavy atom. The molecule has 0 bridgehead atoms. The molecular formula is C15H20N2O2S2. The highest BCUT2D eigenvalue weighted by atomic mass is 32.2. The SMILES string of the molecule is CCN(c1ccccc1)S(=O)(=O)c1cc(C)c(CNC)s1. The second-order valence-corrected chi connectivity index (χ2v) is 7.93. The Balaban J connectivity index is 2.43. The standard InChI is InChI=1S/C15H20N2O2S2/c1-4-17(13-8-6-5-7-9-13)21(18,19)15-10-12(2)14(20-15)11-16-3/h5-10,16H,4,11H2,1-3H3. The maximum atomic E-state index is 12.8. The molecule has 0 amide bonds. The zero-order chi connectivity index (χ0) is 15.5. The van der Waals surface area contributed by atoms with Gasteiger partial charge in [0.15, 0.2) is 0 Å². The topological polar surface area (TPSA) is 49.4 Å². The van der Waals surface area contributed by atoms with Crippen LogP contribution in [0, 0.1) is 6.92 Å². The Morgan fingerprint density at radius 1 is 1.24 bits per heavy atom. The molecule has 0 unspecified atom stereocenters. The predicted octanol–water partition coefficient (Wildman–Crippen LogP) is 2.99. The molecule has 114 valence electrons. The number of nitrogens with zero attached hydrogens (tertiary/aromatic N) is 1. The Bertz CT molecular complexity index is 694. The summed E-state index contributed by atoms with van der Waals surface area (Å²) in [6.45, 7) is 4.88. The molecule has 0 saturated carbocycles. The summed E-state index contributed by atoms with van der Waals surface area (Å²) in [5, 5.41) is 3.07. The molecule has 1 aromatic carbocycles. The van der Waals surface area contributed by atoms with Crippen LogP contribution in [0.25, 0.3) is 0 Å². The van der Waals surface area contributed by atoms with Gasteiger partial charge in [-0.05, 0) is 44.7 Å². The third-order valence-corrected chi connectivity index (χ3v) is 6.80. The van der Waals surface area contributed by atoms with Crippen molar-refractivity contribution in [1.29, 1.82) is 0 Å². The summed E-state index contributed by atoms with van der Waals surface area (Å²) in [6.07, 6.45) is 0. The van der Waals surface area contributed by atoms with Gasteiger partial charge in [-0.15, -0.1) is 11.3 Å². The van der Waals surface area contributed by atoms with Crippen molar-refractivity contribution in [2.45, 2.75) is 24.6 Å². The molecule has 0 atom stereocenters. The Labute approximate surface area is 130 Å². The van der Waals surface area contributed by atoms with E-state index in [1.807, 2.05) is 51.2 Å². The second kappa shape index (κ2) is 6.60. The number of thiophene rings is 1. The predicted molar refractivity (Wildman–Crippen MR) is 88.5 cm³/mol. The smallest absolute Gasteiger partial charge is 0.273 e. The zero-order valence-corrected chi connectivity index (χ0v) is 14.1. The largest absolute Gasteiger partial charge is 0.315 e. The summed E-state index contributed by atoms with van der Waals surface area (Å²) in [6, 6.07) is 11.0. The van der Waals surface area contributed by atoms with Crippen molar-refractivity contribution in [3.8, 4) is 0 Å². The number of nitrogens with one attached hydrogen (secondary N) is 1. The van der Waals surface area contributed by atoms with Crippen molar-refractivity contribution in [2.24, 2.45) is 0 Å². The van der Waals surface area contributed by atoms with Crippen LogP contribution in [0.5, 0.6) is 0 Å². The van der Waals surface area contributed by atoms with E-state index in [1.54, 1.807) is 6.07 Å². The van der Waals surface area contributed by atoms with Gasteiger partial charge in [0, 0.05) is 18.0 Å². The summed E-state index contributed by atoms with van der Waals surface area (Å²) in [7, 11) is -1.64. The minimum atomic E-state index is -3.50. The van der Waals surface area contributed by atoms with E-state index >= 15 is 0 Å². The average Bonchev–Trinajstić information content (AvgIpc) is 2.83. The van der Waals surface area contributed by atoms with Gasteiger partial charge >= 0.3 is 0 Å². The molecule has 0 aliphatic carbocycles. The summed E-state index contributed by atoms with van der Waals surface area (Å²) in [4.78, 5) is 1.06. The number of hydrogen-bond donors (Lipinski definition) is 1. The van der Waals surface area contributed by atoms with Crippen LogP contribution < -0.4 is 9.62 Å². The maximum absolute atomic E-state index is 12.8. The molecule has 6 heteroatoms. The van der Waals surface area contributed by atoms with Gasteiger partial charge in [0.2, 0.25) is 0 Å². The fraction of sp³-hybridized carbons (Fsp3) is 0.333. The number of hydrogen-bond acceptors (Lipinski definition) is 4. The quantitative estimate of drug-likeness (QED) is 0.888. The first-order chi connectivity index (χ1) is 10.0. The summed E-state index contributed by atoms with van der Waals surface area (Å²) in [5.41, 5.74) is 1.71. The number of rotatable bonds is 6. The van der Waals surface area contributed by atoms with Gasteiger partial charge in [-0.3, -0.25) is 4.31 Å². The monoisotopic (exact) mass is 324 g/mol. The van der Waals surface area contributed by atoms with Crippen molar-refractivity contribution < 1.29 is 8.42 Å².